The summed E-state index contributed by atoms with van der Waals surface area (Å²) in [5.74, 6) is -1.42. The first-order chi connectivity index (χ1) is 16.8. The third kappa shape index (κ3) is 7.00. The molecule has 0 radical (unpaired) electrons. The van der Waals surface area contributed by atoms with E-state index in [-0.39, 0.29) is 17.5 Å². The van der Waals surface area contributed by atoms with Crippen LogP contribution in [0.2, 0.25) is 0 Å². The maximum atomic E-state index is 13.3. The third-order valence-electron chi connectivity index (χ3n) is 5.81. The van der Waals surface area contributed by atoms with Crippen LogP contribution in [0.5, 0.6) is 5.75 Å². The van der Waals surface area contributed by atoms with Crippen LogP contribution in [-0.2, 0) is 14.4 Å². The van der Waals surface area contributed by atoms with Crippen LogP contribution in [0.4, 0.5) is 0 Å². The number of ether oxygens (including phenoxy) is 1. The second-order valence-electron chi connectivity index (χ2n) is 8.84. The predicted octanol–water partition coefficient (Wildman–Crippen LogP) is 2.06. The number of carbonyl (C=O) groups is 3. The molecule has 1 aromatic heterocycles. The van der Waals surface area contributed by atoms with E-state index >= 15 is 0 Å². The van der Waals surface area contributed by atoms with E-state index in [0.29, 0.717) is 30.5 Å². The summed E-state index contributed by atoms with van der Waals surface area (Å²) in [5, 5.41) is 0.564. The zero-order valence-corrected chi connectivity index (χ0v) is 20.6. The molecule has 188 valence electrons. The number of hydroxylamine groups is 1. The van der Waals surface area contributed by atoms with E-state index < -0.39 is 17.7 Å². The van der Waals surface area contributed by atoms with Gasteiger partial charge in [0.15, 0.2) is 0 Å². The SMILES string of the molecule is CON(NC(=O)c1cccnc1)C(=O)C(=O)N1C[C@@H](C)CC[C@@H]1c1cccc(OCCN(C)C)c1. The molecule has 1 saturated heterocycles. The van der Waals surface area contributed by atoms with Crippen molar-refractivity contribution in [3.63, 3.8) is 0 Å². The number of rotatable bonds is 7. The molecule has 3 rings (SSSR count). The largest absolute Gasteiger partial charge is 0.492 e. The van der Waals surface area contributed by atoms with E-state index in [0.717, 1.165) is 18.5 Å². The molecule has 1 aliphatic heterocycles. The number of pyridine rings is 1. The van der Waals surface area contributed by atoms with Gasteiger partial charge in [-0.1, -0.05) is 19.1 Å². The molecule has 3 amide bonds. The van der Waals surface area contributed by atoms with E-state index in [9.17, 15) is 14.4 Å². The lowest BCUT2D eigenvalue weighted by Gasteiger charge is -2.39. The van der Waals surface area contributed by atoms with Crippen molar-refractivity contribution in [3.8, 4) is 5.75 Å². The zero-order chi connectivity index (χ0) is 25.4. The number of aromatic nitrogens is 1. The molecule has 2 aromatic rings. The lowest BCUT2D eigenvalue weighted by Crippen LogP contribution is -2.54. The van der Waals surface area contributed by atoms with Gasteiger partial charge in [-0.25, -0.2) is 5.43 Å². The highest BCUT2D eigenvalue weighted by molar-refractivity contribution is 6.34. The Labute approximate surface area is 205 Å². The topological polar surface area (TPSA) is 104 Å². The fourth-order valence-corrected chi connectivity index (χ4v) is 3.92. The Morgan fingerprint density at radius 1 is 1.17 bits per heavy atom. The molecule has 0 saturated carbocycles. The molecule has 10 heteroatoms. The number of hydrogen-bond donors (Lipinski definition) is 1. The maximum absolute atomic E-state index is 13.3. The normalized spacial score (nSPS) is 17.7. The second kappa shape index (κ2) is 12.3. The lowest BCUT2D eigenvalue weighted by atomic mass is 9.89. The molecule has 1 N–H and O–H groups in total. The maximum Gasteiger partial charge on any atom is 0.355 e. The summed E-state index contributed by atoms with van der Waals surface area (Å²) in [6.07, 6.45) is 4.50. The molecule has 1 aliphatic rings. The van der Waals surface area contributed by atoms with Crippen molar-refractivity contribution in [2.45, 2.75) is 25.8 Å². The Kier molecular flexibility index (Phi) is 9.16. The summed E-state index contributed by atoms with van der Waals surface area (Å²) < 4.78 is 5.86. The second-order valence-corrected chi connectivity index (χ2v) is 8.84. The summed E-state index contributed by atoms with van der Waals surface area (Å²) in [4.78, 5) is 51.3. The molecular weight excluding hydrogens is 450 g/mol. The van der Waals surface area contributed by atoms with Gasteiger partial charge in [0.25, 0.3) is 5.91 Å². The van der Waals surface area contributed by atoms with Gasteiger partial charge in [0.05, 0.1) is 18.7 Å². The molecule has 0 aliphatic carbocycles. The minimum absolute atomic E-state index is 0.225. The van der Waals surface area contributed by atoms with Crippen LogP contribution in [0.3, 0.4) is 0 Å². The van der Waals surface area contributed by atoms with Crippen LogP contribution >= 0.6 is 0 Å². The Hall–Kier alpha value is -3.50. The van der Waals surface area contributed by atoms with Crippen LogP contribution in [0.25, 0.3) is 0 Å². The number of amides is 3. The van der Waals surface area contributed by atoms with Crippen molar-refractivity contribution in [2.75, 3.05) is 40.9 Å². The first kappa shape index (κ1) is 26.1. The van der Waals surface area contributed by atoms with Gasteiger partial charge in [0, 0.05) is 25.5 Å². The van der Waals surface area contributed by atoms with E-state index in [1.54, 1.807) is 17.0 Å². The number of nitrogens with one attached hydrogen (secondary N) is 1. The van der Waals surface area contributed by atoms with Gasteiger partial charge < -0.3 is 14.5 Å². The molecular formula is C25H33N5O5. The van der Waals surface area contributed by atoms with Gasteiger partial charge in [-0.2, -0.15) is 0 Å². The third-order valence-corrected chi connectivity index (χ3v) is 5.81. The quantitative estimate of drug-likeness (QED) is 0.475. The van der Waals surface area contributed by atoms with Crippen LogP contribution in [0.15, 0.2) is 48.8 Å². The molecule has 1 aromatic carbocycles. The van der Waals surface area contributed by atoms with Crippen molar-refractivity contribution in [3.05, 3.63) is 59.9 Å². The van der Waals surface area contributed by atoms with Gasteiger partial charge >= 0.3 is 11.8 Å². The molecule has 1 fully saturated rings. The minimum atomic E-state index is -0.984. The number of hydrazine groups is 1. The summed E-state index contributed by atoms with van der Waals surface area (Å²) in [7, 11) is 5.16. The number of nitrogens with zero attached hydrogens (tertiary/aromatic N) is 4. The van der Waals surface area contributed by atoms with Crippen molar-refractivity contribution in [1.29, 1.82) is 0 Å². The molecule has 2 heterocycles. The summed E-state index contributed by atoms with van der Waals surface area (Å²) in [6.45, 7) is 3.77. The Morgan fingerprint density at radius 2 is 1.97 bits per heavy atom. The number of benzene rings is 1. The van der Waals surface area contributed by atoms with Gasteiger partial charge in [0.2, 0.25) is 0 Å². The number of likely N-dealkylation sites (N-methyl/N-ethyl adjacent to an activating group) is 1. The van der Waals surface area contributed by atoms with Crippen LogP contribution < -0.4 is 10.2 Å². The average Bonchev–Trinajstić information content (AvgIpc) is 2.86. The van der Waals surface area contributed by atoms with Crippen molar-refractivity contribution < 1.29 is 24.0 Å². The first-order valence-electron chi connectivity index (χ1n) is 11.6. The lowest BCUT2D eigenvalue weighted by molar-refractivity contribution is -0.194. The van der Waals surface area contributed by atoms with E-state index in [1.807, 2.05) is 50.2 Å². The monoisotopic (exact) mass is 483 g/mol. The first-order valence-corrected chi connectivity index (χ1v) is 11.6. The van der Waals surface area contributed by atoms with E-state index in [1.165, 1.54) is 19.5 Å². The molecule has 2 atom stereocenters. The van der Waals surface area contributed by atoms with Gasteiger partial charge in [-0.3, -0.25) is 24.2 Å². The van der Waals surface area contributed by atoms with E-state index in [2.05, 4.69) is 10.4 Å². The molecule has 10 nitrogen and oxygen atoms in total. The van der Waals surface area contributed by atoms with Gasteiger partial charge in [-0.15, -0.1) is 5.17 Å². The van der Waals surface area contributed by atoms with Crippen LogP contribution in [0.1, 0.15) is 41.7 Å². The van der Waals surface area contributed by atoms with E-state index in [4.69, 9.17) is 9.57 Å². The fraction of sp³-hybridized carbons (Fsp3) is 0.440. The highest BCUT2D eigenvalue weighted by Crippen LogP contribution is 2.35. The number of piperidine rings is 1. The highest BCUT2D eigenvalue weighted by atomic mass is 16.7. The molecule has 35 heavy (non-hydrogen) atoms. The van der Waals surface area contributed by atoms with Gasteiger partial charge in [-0.05, 0) is 62.7 Å². The smallest absolute Gasteiger partial charge is 0.355 e. The number of likely N-dealkylation sites (tertiary alicyclic amines) is 1. The fourth-order valence-electron chi connectivity index (χ4n) is 3.92. The Bertz CT molecular complexity index is 1020. The average molecular weight is 484 g/mol. The standard InChI is InChI=1S/C25H33N5O5/c1-18-10-11-22(19-7-5-9-21(15-19)35-14-13-28(2)3)29(17-18)24(32)25(33)30(34-4)27-23(31)20-8-6-12-26-16-20/h5-9,12,15-16,18,22H,10-11,13-14,17H2,1-4H3,(H,27,31)/t18-,22+/m0/s1. The van der Waals surface area contributed by atoms with Crippen LogP contribution in [0, 0.1) is 5.92 Å². The predicted molar refractivity (Wildman–Crippen MR) is 129 cm³/mol. The molecule has 0 bridgehead atoms. The van der Waals surface area contributed by atoms with Crippen molar-refractivity contribution in [1.82, 2.24) is 25.4 Å². The molecule has 0 spiro atoms. The Morgan fingerprint density at radius 3 is 2.66 bits per heavy atom. The number of hydrogen-bond acceptors (Lipinski definition) is 7. The minimum Gasteiger partial charge on any atom is -0.492 e. The summed E-state index contributed by atoms with van der Waals surface area (Å²) in [6, 6.07) is 10.4. The van der Waals surface area contributed by atoms with Crippen LogP contribution in [-0.4, -0.2) is 78.6 Å². The summed E-state index contributed by atoms with van der Waals surface area (Å²) in [5.41, 5.74) is 3.44. The highest BCUT2D eigenvalue weighted by Gasteiger charge is 2.37. The zero-order valence-electron chi connectivity index (χ0n) is 20.6. The summed E-state index contributed by atoms with van der Waals surface area (Å²) >= 11 is 0. The van der Waals surface area contributed by atoms with Crippen molar-refractivity contribution in [2.24, 2.45) is 5.92 Å². The molecule has 0 unspecified atom stereocenters. The number of carbonyl (C=O) groups excluding carboxylic acids is 3. The van der Waals surface area contributed by atoms with Gasteiger partial charge in [0.1, 0.15) is 12.4 Å². The van der Waals surface area contributed by atoms with Crippen molar-refractivity contribution >= 4 is 17.7 Å². The Balaban J connectivity index is 1.75.